The smallest absolute Gasteiger partial charge is 0.410 e. The Morgan fingerprint density at radius 1 is 1.25 bits per heavy atom. The predicted octanol–water partition coefficient (Wildman–Crippen LogP) is 4.55. The SMILES string of the molecule is CC(C)(C)OC(=O)N1CCC(CO)(Cc2ccc(Cl)c(Cl)c2)CC1. The van der Waals surface area contributed by atoms with Gasteiger partial charge in [0.25, 0.3) is 0 Å². The van der Waals surface area contributed by atoms with E-state index < -0.39 is 5.60 Å². The Labute approximate surface area is 153 Å². The molecule has 6 heteroatoms. The van der Waals surface area contributed by atoms with E-state index in [4.69, 9.17) is 27.9 Å². The molecule has 1 amide bonds. The molecule has 1 fully saturated rings. The number of amides is 1. The molecule has 1 aromatic carbocycles. The van der Waals surface area contributed by atoms with E-state index in [0.717, 1.165) is 18.4 Å². The quantitative estimate of drug-likeness (QED) is 0.845. The van der Waals surface area contributed by atoms with Crippen molar-refractivity contribution in [3.05, 3.63) is 33.8 Å². The van der Waals surface area contributed by atoms with Crippen molar-refractivity contribution in [1.82, 2.24) is 4.90 Å². The maximum absolute atomic E-state index is 12.2. The standard InChI is InChI=1S/C18H25Cl2NO3/c1-17(2,3)24-16(23)21-8-6-18(12-22,7-9-21)11-13-4-5-14(19)15(20)10-13/h4-5,10,22H,6-9,11-12H2,1-3H3. The molecule has 0 aromatic heterocycles. The summed E-state index contributed by atoms with van der Waals surface area (Å²) < 4.78 is 5.42. The highest BCUT2D eigenvalue weighted by Crippen LogP contribution is 2.36. The van der Waals surface area contributed by atoms with E-state index in [1.165, 1.54) is 0 Å². The van der Waals surface area contributed by atoms with Crippen LogP contribution >= 0.6 is 23.2 Å². The third-order valence-corrected chi connectivity index (χ3v) is 5.11. The van der Waals surface area contributed by atoms with Gasteiger partial charge in [-0.15, -0.1) is 0 Å². The molecular formula is C18H25Cl2NO3. The molecular weight excluding hydrogens is 349 g/mol. The lowest BCUT2D eigenvalue weighted by Gasteiger charge is -2.41. The van der Waals surface area contributed by atoms with Gasteiger partial charge in [0, 0.05) is 25.1 Å². The normalized spacial score (nSPS) is 17.7. The molecule has 0 atom stereocenters. The highest BCUT2D eigenvalue weighted by Gasteiger charge is 2.36. The maximum Gasteiger partial charge on any atom is 0.410 e. The zero-order valence-corrected chi connectivity index (χ0v) is 16.0. The number of halogens is 2. The summed E-state index contributed by atoms with van der Waals surface area (Å²) in [6.45, 7) is 6.81. The summed E-state index contributed by atoms with van der Waals surface area (Å²) in [5.41, 5.74) is 0.308. The van der Waals surface area contributed by atoms with E-state index in [2.05, 4.69) is 0 Å². The molecule has 1 N–H and O–H groups in total. The number of carbonyl (C=O) groups is 1. The van der Waals surface area contributed by atoms with Crippen LogP contribution in [0.3, 0.4) is 0 Å². The van der Waals surface area contributed by atoms with Gasteiger partial charge in [0.1, 0.15) is 5.60 Å². The van der Waals surface area contributed by atoms with E-state index in [9.17, 15) is 9.90 Å². The summed E-state index contributed by atoms with van der Waals surface area (Å²) in [6, 6.07) is 5.56. The number of hydrogen-bond acceptors (Lipinski definition) is 3. The molecule has 1 saturated heterocycles. The summed E-state index contributed by atoms with van der Waals surface area (Å²) in [5, 5.41) is 11.0. The van der Waals surface area contributed by atoms with E-state index in [1.807, 2.05) is 32.9 Å². The van der Waals surface area contributed by atoms with Gasteiger partial charge in [0.15, 0.2) is 0 Å². The molecule has 1 heterocycles. The second kappa shape index (κ2) is 7.51. The maximum atomic E-state index is 12.2. The number of hydrogen-bond donors (Lipinski definition) is 1. The number of piperidine rings is 1. The minimum absolute atomic E-state index is 0.0788. The first-order valence-corrected chi connectivity index (χ1v) is 8.92. The summed E-state index contributed by atoms with van der Waals surface area (Å²) in [5.74, 6) is 0. The van der Waals surface area contributed by atoms with Crippen molar-refractivity contribution in [1.29, 1.82) is 0 Å². The number of aliphatic hydroxyl groups is 1. The van der Waals surface area contributed by atoms with Crippen molar-refractivity contribution in [3.63, 3.8) is 0 Å². The first-order valence-electron chi connectivity index (χ1n) is 8.17. The molecule has 0 spiro atoms. The molecule has 1 aliphatic heterocycles. The van der Waals surface area contributed by atoms with Crippen LogP contribution in [0.1, 0.15) is 39.2 Å². The van der Waals surface area contributed by atoms with Crippen molar-refractivity contribution >= 4 is 29.3 Å². The number of carbonyl (C=O) groups excluding carboxylic acids is 1. The lowest BCUT2D eigenvalue weighted by atomic mass is 9.74. The Balaban J connectivity index is 2.00. The zero-order valence-electron chi connectivity index (χ0n) is 14.4. The van der Waals surface area contributed by atoms with Crippen LogP contribution in [0, 0.1) is 5.41 Å². The van der Waals surface area contributed by atoms with Crippen LogP contribution in [0.2, 0.25) is 10.0 Å². The fourth-order valence-corrected chi connectivity index (χ4v) is 3.28. The third-order valence-electron chi connectivity index (χ3n) is 4.37. The summed E-state index contributed by atoms with van der Waals surface area (Å²) in [7, 11) is 0. The lowest BCUT2D eigenvalue weighted by molar-refractivity contribution is -0.000181. The summed E-state index contributed by atoms with van der Waals surface area (Å²) in [6.07, 6.45) is 1.87. The first kappa shape index (κ1) is 19.4. The minimum atomic E-state index is -0.497. The zero-order chi connectivity index (χ0) is 18.0. The minimum Gasteiger partial charge on any atom is -0.444 e. The number of nitrogens with zero attached hydrogens (tertiary/aromatic N) is 1. The first-order chi connectivity index (χ1) is 11.1. The highest BCUT2D eigenvalue weighted by molar-refractivity contribution is 6.42. The number of likely N-dealkylation sites (tertiary alicyclic amines) is 1. The summed E-state index contributed by atoms with van der Waals surface area (Å²) >= 11 is 12.0. The Morgan fingerprint density at radius 3 is 2.38 bits per heavy atom. The van der Waals surface area contributed by atoms with E-state index >= 15 is 0 Å². The molecule has 0 aliphatic carbocycles. The molecule has 1 aliphatic rings. The number of aliphatic hydroxyl groups excluding tert-OH is 1. The Kier molecular flexibility index (Phi) is 6.05. The van der Waals surface area contributed by atoms with Crippen LogP contribution < -0.4 is 0 Å². The van der Waals surface area contributed by atoms with Crippen LogP contribution in [0.5, 0.6) is 0 Å². The molecule has 0 radical (unpaired) electrons. The van der Waals surface area contributed by atoms with Gasteiger partial charge in [-0.1, -0.05) is 29.3 Å². The fraction of sp³-hybridized carbons (Fsp3) is 0.611. The monoisotopic (exact) mass is 373 g/mol. The average molecular weight is 374 g/mol. The largest absolute Gasteiger partial charge is 0.444 e. The van der Waals surface area contributed by atoms with Crippen molar-refractivity contribution < 1.29 is 14.6 Å². The van der Waals surface area contributed by atoms with Gasteiger partial charge in [0.05, 0.1) is 10.0 Å². The molecule has 4 nitrogen and oxygen atoms in total. The van der Waals surface area contributed by atoms with Crippen molar-refractivity contribution in [2.45, 2.75) is 45.6 Å². The van der Waals surface area contributed by atoms with Crippen molar-refractivity contribution in [2.75, 3.05) is 19.7 Å². The molecule has 0 bridgehead atoms. The Morgan fingerprint density at radius 2 is 1.88 bits per heavy atom. The van der Waals surface area contributed by atoms with E-state index in [-0.39, 0.29) is 18.1 Å². The van der Waals surface area contributed by atoms with Gasteiger partial charge < -0.3 is 14.7 Å². The van der Waals surface area contributed by atoms with Crippen LogP contribution in [0.15, 0.2) is 18.2 Å². The highest BCUT2D eigenvalue weighted by atomic mass is 35.5. The second-order valence-corrected chi connectivity index (χ2v) is 8.37. The van der Waals surface area contributed by atoms with Crippen molar-refractivity contribution in [3.8, 4) is 0 Å². The number of rotatable bonds is 3. The summed E-state index contributed by atoms with van der Waals surface area (Å²) in [4.78, 5) is 13.9. The van der Waals surface area contributed by atoms with Crippen molar-refractivity contribution in [2.24, 2.45) is 5.41 Å². The molecule has 1 aromatic rings. The van der Waals surface area contributed by atoms with Gasteiger partial charge in [-0.3, -0.25) is 0 Å². The van der Waals surface area contributed by atoms with Gasteiger partial charge in [-0.25, -0.2) is 4.79 Å². The number of ether oxygens (including phenoxy) is 1. The van der Waals surface area contributed by atoms with Gasteiger partial charge in [-0.05, 0) is 57.7 Å². The predicted molar refractivity (Wildman–Crippen MR) is 96.7 cm³/mol. The molecule has 0 saturated carbocycles. The van der Waals surface area contributed by atoms with Gasteiger partial charge in [-0.2, -0.15) is 0 Å². The number of benzene rings is 1. The van der Waals surface area contributed by atoms with Crippen LogP contribution in [0.25, 0.3) is 0 Å². The fourth-order valence-electron chi connectivity index (χ4n) is 2.96. The molecule has 134 valence electrons. The molecule has 0 unspecified atom stereocenters. The Bertz CT molecular complexity index is 590. The average Bonchev–Trinajstić information content (AvgIpc) is 2.50. The van der Waals surface area contributed by atoms with Crippen LogP contribution in [0.4, 0.5) is 4.79 Å². The Hall–Kier alpha value is -0.970. The topological polar surface area (TPSA) is 49.8 Å². The second-order valence-electron chi connectivity index (χ2n) is 7.55. The van der Waals surface area contributed by atoms with Crippen LogP contribution in [-0.4, -0.2) is 41.4 Å². The van der Waals surface area contributed by atoms with E-state index in [0.29, 0.717) is 29.6 Å². The molecule has 24 heavy (non-hydrogen) atoms. The van der Waals surface area contributed by atoms with Gasteiger partial charge >= 0.3 is 6.09 Å². The molecule has 2 rings (SSSR count). The third kappa shape index (κ3) is 5.01. The van der Waals surface area contributed by atoms with Gasteiger partial charge in [0.2, 0.25) is 0 Å². The lowest BCUT2D eigenvalue weighted by Crippen LogP contribution is -2.47. The van der Waals surface area contributed by atoms with E-state index in [1.54, 1.807) is 11.0 Å². The van der Waals surface area contributed by atoms with Crippen LogP contribution in [-0.2, 0) is 11.2 Å².